The van der Waals surface area contributed by atoms with Gasteiger partial charge in [0.05, 0.1) is 21.2 Å². The van der Waals surface area contributed by atoms with Crippen LogP contribution in [0.15, 0.2) is 46.2 Å². The number of thioether (sulfide) groups is 1. The average Bonchev–Trinajstić information content (AvgIpc) is 2.98. The molecule has 1 N–H and O–H groups in total. The van der Waals surface area contributed by atoms with E-state index >= 15 is 0 Å². The molecule has 0 aliphatic carbocycles. The van der Waals surface area contributed by atoms with Crippen LogP contribution in [0, 0.1) is 0 Å². The van der Waals surface area contributed by atoms with E-state index in [-0.39, 0.29) is 21.5 Å². The number of nitrogens with one attached hydrogen (secondary N) is 1. The number of carbonyl (C=O) groups excluding carboxylic acids is 1. The molecular weight excluding hydrogens is 451 g/mol. The number of hydrogen-bond acceptors (Lipinski definition) is 4. The Morgan fingerprint density at radius 3 is 2.34 bits per heavy atom. The van der Waals surface area contributed by atoms with E-state index in [1.807, 2.05) is 11.2 Å². The molecule has 1 fully saturated rings. The summed E-state index contributed by atoms with van der Waals surface area (Å²) in [6, 6.07) is 9.14. The summed E-state index contributed by atoms with van der Waals surface area (Å²) < 4.78 is 28.3. The number of carbonyl (C=O) groups is 1. The van der Waals surface area contributed by atoms with E-state index in [0.29, 0.717) is 23.7 Å². The smallest absolute Gasteiger partial charge is 0.261 e. The molecule has 0 unspecified atom stereocenters. The number of rotatable bonds is 5. The monoisotopic (exact) mass is 472 g/mol. The zero-order chi connectivity index (χ0) is 21.0. The lowest BCUT2D eigenvalue weighted by atomic mass is 10.2. The normalized spacial score (nSPS) is 15.1. The van der Waals surface area contributed by atoms with E-state index in [9.17, 15) is 13.2 Å². The Hall–Kier alpha value is -1.41. The van der Waals surface area contributed by atoms with Gasteiger partial charge in [0.15, 0.2) is 0 Å². The number of hydrogen-bond donors (Lipinski definition) is 1. The van der Waals surface area contributed by atoms with Gasteiger partial charge in [-0.25, -0.2) is 8.42 Å². The van der Waals surface area contributed by atoms with Crippen molar-refractivity contribution in [3.8, 4) is 0 Å². The number of halogens is 2. The van der Waals surface area contributed by atoms with Crippen LogP contribution in [-0.2, 0) is 10.0 Å². The summed E-state index contributed by atoms with van der Waals surface area (Å²) in [5.41, 5.74) is 0.634. The highest BCUT2D eigenvalue weighted by atomic mass is 35.5. The Bertz CT molecular complexity index is 1000. The van der Waals surface area contributed by atoms with E-state index in [2.05, 4.69) is 4.72 Å². The molecule has 0 bridgehead atoms. The first-order valence-electron chi connectivity index (χ1n) is 9.27. The predicted molar refractivity (Wildman–Crippen MR) is 120 cm³/mol. The highest BCUT2D eigenvalue weighted by molar-refractivity contribution is 7.98. The van der Waals surface area contributed by atoms with Gasteiger partial charge in [0.2, 0.25) is 0 Å². The summed E-state index contributed by atoms with van der Waals surface area (Å²) in [5, 5.41) is 0.607. The van der Waals surface area contributed by atoms with Crippen molar-refractivity contribution in [3.63, 3.8) is 0 Å². The fourth-order valence-corrected chi connectivity index (χ4v) is 5.43. The molecule has 0 saturated carbocycles. The summed E-state index contributed by atoms with van der Waals surface area (Å²) in [6.07, 6.45) is 6.02. The van der Waals surface area contributed by atoms with Gasteiger partial charge in [0.25, 0.3) is 15.9 Å². The van der Waals surface area contributed by atoms with Crippen LogP contribution >= 0.6 is 35.0 Å². The standard InChI is InChI=1S/C20H22Cl2N2O3S2/c1-28-19-9-7-15(13-16(19)20(25)24-10-4-2-3-5-11-24)29(26,27)23-18-8-6-14(21)12-17(18)22/h6-9,12-13,23H,2-5,10-11H2,1H3. The first-order chi connectivity index (χ1) is 13.8. The second-order valence-corrected chi connectivity index (χ2v) is 10.2. The lowest BCUT2D eigenvalue weighted by Gasteiger charge is -2.22. The number of nitrogens with zero attached hydrogens (tertiary/aromatic N) is 1. The number of benzene rings is 2. The summed E-state index contributed by atoms with van der Waals surface area (Å²) in [4.78, 5) is 15.7. The maximum Gasteiger partial charge on any atom is 0.261 e. The van der Waals surface area contributed by atoms with Crippen LogP contribution in [0.5, 0.6) is 0 Å². The minimum atomic E-state index is -3.93. The van der Waals surface area contributed by atoms with Crippen LogP contribution in [-0.4, -0.2) is 38.6 Å². The molecule has 1 aliphatic heterocycles. The second kappa shape index (κ2) is 9.60. The fraction of sp³-hybridized carbons (Fsp3) is 0.350. The molecule has 0 radical (unpaired) electrons. The van der Waals surface area contributed by atoms with E-state index in [1.165, 1.54) is 36.0 Å². The molecule has 0 aromatic heterocycles. The van der Waals surface area contributed by atoms with Gasteiger partial charge in [-0.3, -0.25) is 9.52 Å². The Morgan fingerprint density at radius 1 is 1.03 bits per heavy atom. The van der Waals surface area contributed by atoms with E-state index in [0.717, 1.165) is 30.6 Å². The third-order valence-electron chi connectivity index (χ3n) is 4.78. The van der Waals surface area contributed by atoms with Gasteiger partial charge in [-0.1, -0.05) is 36.0 Å². The average molecular weight is 473 g/mol. The van der Waals surface area contributed by atoms with Crippen LogP contribution < -0.4 is 4.72 Å². The number of likely N-dealkylation sites (tertiary alicyclic amines) is 1. The minimum Gasteiger partial charge on any atom is -0.339 e. The molecule has 0 atom stereocenters. The summed E-state index contributed by atoms with van der Waals surface area (Å²) in [5.74, 6) is -0.127. The molecule has 9 heteroatoms. The zero-order valence-electron chi connectivity index (χ0n) is 16.0. The summed E-state index contributed by atoms with van der Waals surface area (Å²) >= 11 is 13.4. The summed E-state index contributed by atoms with van der Waals surface area (Å²) in [6.45, 7) is 1.39. The third-order valence-corrected chi connectivity index (χ3v) is 7.49. The van der Waals surface area contributed by atoms with Crippen molar-refractivity contribution in [1.82, 2.24) is 4.90 Å². The minimum absolute atomic E-state index is 0.0134. The molecule has 29 heavy (non-hydrogen) atoms. The van der Waals surface area contributed by atoms with Crippen molar-refractivity contribution in [3.05, 3.63) is 52.0 Å². The SMILES string of the molecule is CSc1ccc(S(=O)(=O)Nc2ccc(Cl)cc2Cl)cc1C(=O)N1CCCCCC1. The molecule has 1 heterocycles. The van der Waals surface area contributed by atoms with Gasteiger partial charge in [0, 0.05) is 23.0 Å². The van der Waals surface area contributed by atoms with Gasteiger partial charge in [-0.05, 0) is 55.5 Å². The lowest BCUT2D eigenvalue weighted by Crippen LogP contribution is -2.32. The first-order valence-corrected chi connectivity index (χ1v) is 12.7. The largest absolute Gasteiger partial charge is 0.339 e. The highest BCUT2D eigenvalue weighted by Crippen LogP contribution is 2.30. The Balaban J connectivity index is 1.93. The summed E-state index contributed by atoms with van der Waals surface area (Å²) in [7, 11) is -3.93. The molecule has 2 aromatic carbocycles. The maximum absolute atomic E-state index is 13.1. The molecular formula is C20H22Cl2N2O3S2. The quantitative estimate of drug-likeness (QED) is 0.580. The molecule has 1 aliphatic rings. The van der Waals surface area contributed by atoms with Crippen molar-refractivity contribution >= 4 is 56.6 Å². The maximum atomic E-state index is 13.1. The van der Waals surface area contributed by atoms with E-state index in [1.54, 1.807) is 12.1 Å². The Kier molecular flexibility index (Phi) is 7.37. The Morgan fingerprint density at radius 2 is 1.72 bits per heavy atom. The van der Waals surface area contributed by atoms with Gasteiger partial charge in [-0.15, -0.1) is 11.8 Å². The van der Waals surface area contributed by atoms with Gasteiger partial charge in [-0.2, -0.15) is 0 Å². The van der Waals surface area contributed by atoms with Crippen LogP contribution in [0.1, 0.15) is 36.0 Å². The molecule has 1 amide bonds. The third kappa shape index (κ3) is 5.40. The van der Waals surface area contributed by atoms with Gasteiger partial charge >= 0.3 is 0 Å². The molecule has 0 spiro atoms. The molecule has 3 rings (SSSR count). The van der Waals surface area contributed by atoms with Crippen LogP contribution in [0.2, 0.25) is 10.0 Å². The van der Waals surface area contributed by atoms with Crippen LogP contribution in [0.25, 0.3) is 0 Å². The molecule has 1 saturated heterocycles. The molecule has 156 valence electrons. The van der Waals surface area contributed by atoms with Crippen LogP contribution in [0.3, 0.4) is 0 Å². The van der Waals surface area contributed by atoms with Crippen molar-refractivity contribution in [2.75, 3.05) is 24.1 Å². The van der Waals surface area contributed by atoms with Gasteiger partial charge < -0.3 is 4.90 Å². The number of anilines is 1. The van der Waals surface area contributed by atoms with E-state index in [4.69, 9.17) is 23.2 Å². The lowest BCUT2D eigenvalue weighted by molar-refractivity contribution is 0.0758. The number of amides is 1. The fourth-order valence-electron chi connectivity index (χ4n) is 3.24. The number of sulfonamides is 1. The van der Waals surface area contributed by atoms with Crippen LogP contribution in [0.4, 0.5) is 5.69 Å². The second-order valence-electron chi connectivity index (χ2n) is 6.80. The predicted octanol–water partition coefficient (Wildman–Crippen LogP) is 5.53. The molecule has 5 nitrogen and oxygen atoms in total. The van der Waals surface area contributed by atoms with E-state index < -0.39 is 10.0 Å². The Labute approximate surface area is 185 Å². The van der Waals surface area contributed by atoms with Crippen molar-refractivity contribution < 1.29 is 13.2 Å². The van der Waals surface area contributed by atoms with Crippen molar-refractivity contribution in [1.29, 1.82) is 0 Å². The molecule has 2 aromatic rings. The zero-order valence-corrected chi connectivity index (χ0v) is 19.1. The first kappa shape index (κ1) is 22.3. The highest BCUT2D eigenvalue weighted by Gasteiger charge is 2.24. The van der Waals surface area contributed by atoms with Crippen molar-refractivity contribution in [2.45, 2.75) is 35.5 Å². The van der Waals surface area contributed by atoms with Crippen molar-refractivity contribution in [2.24, 2.45) is 0 Å². The topological polar surface area (TPSA) is 66.5 Å². The van der Waals surface area contributed by atoms with Gasteiger partial charge in [0.1, 0.15) is 0 Å².